The number of ether oxygens (including phenoxy) is 2. The molecule has 0 aliphatic rings. The van der Waals surface area contributed by atoms with E-state index < -0.39 is 0 Å². The van der Waals surface area contributed by atoms with Crippen molar-refractivity contribution in [2.24, 2.45) is 0 Å². The molecule has 0 saturated heterocycles. The normalized spacial score (nSPS) is 10.6. The highest BCUT2D eigenvalue weighted by Crippen LogP contribution is 2.37. The minimum absolute atomic E-state index is 0.490. The largest absolute Gasteiger partial charge is 0.495 e. The molecule has 108 valence electrons. The zero-order valence-corrected chi connectivity index (χ0v) is 12.4. The predicted molar refractivity (Wildman–Crippen MR) is 83.9 cm³/mol. The highest BCUT2D eigenvalue weighted by Gasteiger charge is 2.11. The number of fused-ring (bicyclic) bond motifs is 1. The van der Waals surface area contributed by atoms with Crippen molar-refractivity contribution in [2.75, 3.05) is 19.5 Å². The van der Waals surface area contributed by atoms with Crippen LogP contribution >= 0.6 is 11.6 Å². The third-order valence-corrected chi connectivity index (χ3v) is 3.41. The molecule has 3 aromatic rings. The SMILES string of the molecule is COc1cc(Nc2nc3ccccc3[nH]2)c(OC)cc1Cl. The summed E-state index contributed by atoms with van der Waals surface area (Å²) in [7, 11) is 3.15. The molecule has 21 heavy (non-hydrogen) atoms. The third kappa shape index (κ3) is 2.60. The van der Waals surface area contributed by atoms with Gasteiger partial charge in [0.05, 0.1) is 36.0 Å². The van der Waals surface area contributed by atoms with Crippen LogP contribution in [0.25, 0.3) is 11.0 Å². The molecule has 3 rings (SSSR count). The lowest BCUT2D eigenvalue weighted by Gasteiger charge is -2.12. The number of hydrogen-bond donors (Lipinski definition) is 2. The molecule has 1 aromatic heterocycles. The summed E-state index contributed by atoms with van der Waals surface area (Å²) >= 11 is 6.09. The van der Waals surface area contributed by atoms with Gasteiger partial charge in [0, 0.05) is 12.1 Å². The standard InChI is InChI=1S/C15H14ClN3O2/c1-20-13-8-12(14(21-2)7-9(13)16)19-15-17-10-5-3-4-6-11(10)18-15/h3-8H,1-2H3,(H2,17,18,19). The summed E-state index contributed by atoms with van der Waals surface area (Å²) in [5.41, 5.74) is 2.57. The first-order valence-electron chi connectivity index (χ1n) is 6.34. The van der Waals surface area contributed by atoms with E-state index in [1.54, 1.807) is 26.4 Å². The number of benzene rings is 2. The van der Waals surface area contributed by atoms with Crippen LogP contribution in [0.1, 0.15) is 0 Å². The number of nitrogens with one attached hydrogen (secondary N) is 2. The zero-order chi connectivity index (χ0) is 14.8. The van der Waals surface area contributed by atoms with Crippen molar-refractivity contribution >= 4 is 34.3 Å². The number of para-hydroxylation sites is 2. The van der Waals surface area contributed by atoms with E-state index in [4.69, 9.17) is 21.1 Å². The number of H-pyrrole nitrogens is 1. The third-order valence-electron chi connectivity index (χ3n) is 3.12. The lowest BCUT2D eigenvalue weighted by atomic mass is 10.2. The van der Waals surface area contributed by atoms with Crippen molar-refractivity contribution in [2.45, 2.75) is 0 Å². The number of nitrogens with zero attached hydrogens (tertiary/aromatic N) is 1. The van der Waals surface area contributed by atoms with Crippen LogP contribution in [0.3, 0.4) is 0 Å². The fraction of sp³-hybridized carbons (Fsp3) is 0.133. The summed E-state index contributed by atoms with van der Waals surface area (Å²) < 4.78 is 10.6. The van der Waals surface area contributed by atoms with E-state index in [1.807, 2.05) is 24.3 Å². The first-order valence-corrected chi connectivity index (χ1v) is 6.72. The van der Waals surface area contributed by atoms with Gasteiger partial charge in [0.15, 0.2) is 0 Å². The average molecular weight is 304 g/mol. The van der Waals surface area contributed by atoms with E-state index in [1.165, 1.54) is 0 Å². The molecule has 0 aliphatic heterocycles. The first-order chi connectivity index (χ1) is 10.2. The van der Waals surface area contributed by atoms with Gasteiger partial charge in [0.2, 0.25) is 5.95 Å². The number of aromatic amines is 1. The Bertz CT molecular complexity index is 753. The van der Waals surface area contributed by atoms with Gasteiger partial charge >= 0.3 is 0 Å². The van der Waals surface area contributed by atoms with E-state index in [2.05, 4.69) is 15.3 Å². The van der Waals surface area contributed by atoms with Crippen molar-refractivity contribution in [3.05, 3.63) is 41.4 Å². The molecular weight excluding hydrogens is 290 g/mol. The van der Waals surface area contributed by atoms with Crippen LogP contribution in [0.2, 0.25) is 5.02 Å². The molecular formula is C15H14ClN3O2. The Morgan fingerprint density at radius 2 is 1.86 bits per heavy atom. The van der Waals surface area contributed by atoms with Gasteiger partial charge in [-0.2, -0.15) is 0 Å². The quantitative estimate of drug-likeness (QED) is 0.765. The van der Waals surface area contributed by atoms with Crippen molar-refractivity contribution in [1.29, 1.82) is 0 Å². The molecule has 0 spiro atoms. The van der Waals surface area contributed by atoms with Crippen molar-refractivity contribution in [3.63, 3.8) is 0 Å². The number of aromatic nitrogens is 2. The van der Waals surface area contributed by atoms with E-state index in [0.717, 1.165) is 16.7 Å². The number of rotatable bonds is 4. The van der Waals surface area contributed by atoms with Gasteiger partial charge in [-0.1, -0.05) is 23.7 Å². The summed E-state index contributed by atoms with van der Waals surface area (Å²) in [4.78, 5) is 7.66. The van der Waals surface area contributed by atoms with Gasteiger partial charge in [-0.25, -0.2) is 4.98 Å². The Kier molecular flexibility index (Phi) is 3.58. The maximum Gasteiger partial charge on any atom is 0.205 e. The van der Waals surface area contributed by atoms with Gasteiger partial charge < -0.3 is 19.8 Å². The molecule has 1 heterocycles. The number of methoxy groups -OCH3 is 2. The Morgan fingerprint density at radius 1 is 1.10 bits per heavy atom. The second-order valence-electron chi connectivity index (χ2n) is 4.41. The Morgan fingerprint density at radius 3 is 2.57 bits per heavy atom. The predicted octanol–water partition coefficient (Wildman–Crippen LogP) is 3.98. The monoisotopic (exact) mass is 303 g/mol. The van der Waals surface area contributed by atoms with E-state index >= 15 is 0 Å². The van der Waals surface area contributed by atoms with Crippen molar-refractivity contribution < 1.29 is 9.47 Å². The molecule has 2 aromatic carbocycles. The molecule has 0 amide bonds. The average Bonchev–Trinajstić information content (AvgIpc) is 2.90. The fourth-order valence-electron chi connectivity index (χ4n) is 2.10. The number of anilines is 2. The molecule has 0 unspecified atom stereocenters. The molecule has 0 saturated carbocycles. The minimum atomic E-state index is 0.490. The second kappa shape index (κ2) is 5.54. The molecule has 0 radical (unpaired) electrons. The Balaban J connectivity index is 1.99. The van der Waals surface area contributed by atoms with Crippen molar-refractivity contribution in [1.82, 2.24) is 9.97 Å². The Hall–Kier alpha value is -2.40. The van der Waals surface area contributed by atoms with Crippen LogP contribution < -0.4 is 14.8 Å². The maximum atomic E-state index is 6.09. The van der Waals surface area contributed by atoms with Gasteiger partial charge in [0.25, 0.3) is 0 Å². The number of halogens is 1. The molecule has 0 bridgehead atoms. The summed E-state index contributed by atoms with van der Waals surface area (Å²) in [6.07, 6.45) is 0. The molecule has 0 aliphatic carbocycles. The number of hydrogen-bond acceptors (Lipinski definition) is 4. The molecule has 6 heteroatoms. The van der Waals surface area contributed by atoms with E-state index in [9.17, 15) is 0 Å². The van der Waals surface area contributed by atoms with Gasteiger partial charge in [-0.3, -0.25) is 0 Å². The molecule has 0 atom stereocenters. The topological polar surface area (TPSA) is 59.2 Å². The van der Waals surface area contributed by atoms with Crippen LogP contribution in [-0.2, 0) is 0 Å². The van der Waals surface area contributed by atoms with Gasteiger partial charge in [-0.15, -0.1) is 0 Å². The van der Waals surface area contributed by atoms with Crippen LogP contribution in [0.5, 0.6) is 11.5 Å². The lowest BCUT2D eigenvalue weighted by molar-refractivity contribution is 0.405. The minimum Gasteiger partial charge on any atom is -0.495 e. The van der Waals surface area contributed by atoms with Crippen molar-refractivity contribution in [3.8, 4) is 11.5 Å². The van der Waals surface area contributed by atoms with Crippen LogP contribution in [-0.4, -0.2) is 24.2 Å². The summed E-state index contributed by atoms with van der Waals surface area (Å²) in [5, 5.41) is 3.67. The highest BCUT2D eigenvalue weighted by atomic mass is 35.5. The van der Waals surface area contributed by atoms with E-state index in [0.29, 0.717) is 22.5 Å². The summed E-state index contributed by atoms with van der Waals surface area (Å²) in [6, 6.07) is 11.3. The van der Waals surface area contributed by atoms with E-state index in [-0.39, 0.29) is 0 Å². The Labute approximate surface area is 126 Å². The van der Waals surface area contributed by atoms with Crippen LogP contribution in [0, 0.1) is 0 Å². The summed E-state index contributed by atoms with van der Waals surface area (Å²) in [6.45, 7) is 0. The smallest absolute Gasteiger partial charge is 0.205 e. The first kappa shape index (κ1) is 13.6. The van der Waals surface area contributed by atoms with Crippen LogP contribution in [0.4, 0.5) is 11.6 Å². The van der Waals surface area contributed by atoms with Gasteiger partial charge in [0.1, 0.15) is 11.5 Å². The zero-order valence-electron chi connectivity index (χ0n) is 11.6. The maximum absolute atomic E-state index is 6.09. The highest BCUT2D eigenvalue weighted by molar-refractivity contribution is 6.32. The van der Waals surface area contributed by atoms with Crippen LogP contribution in [0.15, 0.2) is 36.4 Å². The molecule has 2 N–H and O–H groups in total. The summed E-state index contributed by atoms with van der Waals surface area (Å²) in [5.74, 6) is 1.80. The fourth-order valence-corrected chi connectivity index (χ4v) is 2.33. The lowest BCUT2D eigenvalue weighted by Crippen LogP contribution is -1.97. The molecule has 0 fully saturated rings. The molecule has 5 nitrogen and oxygen atoms in total. The number of imidazole rings is 1. The second-order valence-corrected chi connectivity index (χ2v) is 4.82. The van der Waals surface area contributed by atoms with Gasteiger partial charge in [-0.05, 0) is 12.1 Å².